The second-order valence-corrected chi connectivity index (χ2v) is 9.72. The zero-order valence-electron chi connectivity index (χ0n) is 21.5. The van der Waals surface area contributed by atoms with Crippen molar-refractivity contribution in [1.82, 2.24) is 4.98 Å². The highest BCUT2D eigenvalue weighted by Crippen LogP contribution is 2.56. The molecule has 0 radical (unpaired) electrons. The molecule has 8 heteroatoms. The molecule has 2 aromatic carbocycles. The minimum Gasteiger partial charge on any atom is -0.670 e. The summed E-state index contributed by atoms with van der Waals surface area (Å²) in [5.41, 5.74) is 2.54. The summed E-state index contributed by atoms with van der Waals surface area (Å²) in [5.74, 6) is 0.830. The number of ether oxygens (including phenoxy) is 3. The van der Waals surface area contributed by atoms with Crippen molar-refractivity contribution >= 4 is 5.78 Å². The van der Waals surface area contributed by atoms with Crippen LogP contribution in [0.15, 0.2) is 42.7 Å². The number of aliphatic hydroxyl groups excluding tert-OH is 1. The molecule has 1 aliphatic heterocycles. The zero-order chi connectivity index (χ0) is 26.5. The van der Waals surface area contributed by atoms with E-state index in [1.54, 1.807) is 36.7 Å². The molecule has 0 saturated carbocycles. The second-order valence-electron chi connectivity index (χ2n) is 9.72. The monoisotopic (exact) mass is 509 g/mol. The third-order valence-electron chi connectivity index (χ3n) is 6.68. The van der Waals surface area contributed by atoms with Gasteiger partial charge in [0.05, 0.1) is 13.7 Å². The van der Waals surface area contributed by atoms with E-state index in [4.69, 9.17) is 14.2 Å². The van der Waals surface area contributed by atoms with E-state index in [1.165, 1.54) is 7.11 Å². The van der Waals surface area contributed by atoms with Crippen LogP contribution in [0.1, 0.15) is 73.8 Å². The molecule has 1 aromatic heterocycles. The first-order valence-corrected chi connectivity index (χ1v) is 12.6. The molecule has 1 aliphatic rings. The Bertz CT molecular complexity index is 1200. The number of carbonyl (C=O) groups excluding carboxylic acids is 1. The number of benzene rings is 2. The van der Waals surface area contributed by atoms with Gasteiger partial charge in [0.2, 0.25) is 5.75 Å². The van der Waals surface area contributed by atoms with Crippen molar-refractivity contribution in [2.75, 3.05) is 20.3 Å². The Morgan fingerprint density at radius 1 is 1.11 bits per heavy atom. The molecule has 0 amide bonds. The molecule has 0 saturated heterocycles. The van der Waals surface area contributed by atoms with E-state index in [1.807, 2.05) is 6.07 Å². The average molecular weight is 510 g/mol. The number of hydrogen-bond acceptors (Lipinski definition) is 6. The van der Waals surface area contributed by atoms with Crippen molar-refractivity contribution in [3.05, 3.63) is 65.0 Å². The van der Waals surface area contributed by atoms with Crippen molar-refractivity contribution in [2.45, 2.75) is 51.6 Å². The van der Waals surface area contributed by atoms with Crippen LogP contribution in [0.2, 0.25) is 0 Å². The SMILES string of the molecule is COc1c(O)c(C(CCC(C)C)c2cc[n-]c2)c2c(c1OCCCO)C(=[OH+])CC(c1ccc(O)cc1)O2. The van der Waals surface area contributed by atoms with Crippen LogP contribution >= 0.6 is 0 Å². The number of aromatic nitrogens is 1. The third kappa shape index (κ3) is 5.54. The van der Waals surface area contributed by atoms with E-state index in [0.717, 1.165) is 17.5 Å². The van der Waals surface area contributed by atoms with Crippen molar-refractivity contribution in [3.63, 3.8) is 0 Å². The van der Waals surface area contributed by atoms with Crippen LogP contribution in [0.5, 0.6) is 28.7 Å². The quantitative estimate of drug-likeness (QED) is 0.250. The van der Waals surface area contributed by atoms with Gasteiger partial charge in [0.1, 0.15) is 24.0 Å². The van der Waals surface area contributed by atoms with Crippen molar-refractivity contribution in [3.8, 4) is 28.7 Å². The van der Waals surface area contributed by atoms with Crippen molar-refractivity contribution in [1.29, 1.82) is 0 Å². The number of methoxy groups -OCH3 is 1. The number of aromatic hydroxyl groups is 2. The van der Waals surface area contributed by atoms with Crippen LogP contribution in [-0.2, 0) is 0 Å². The lowest BCUT2D eigenvalue weighted by molar-refractivity contribution is 0.191. The molecule has 3 aromatic rings. The molecule has 2 unspecified atom stereocenters. The summed E-state index contributed by atoms with van der Waals surface area (Å²) >= 11 is 0. The molecule has 0 fully saturated rings. The molecule has 37 heavy (non-hydrogen) atoms. The van der Waals surface area contributed by atoms with Crippen LogP contribution in [0, 0.1) is 5.92 Å². The fraction of sp³-hybridized carbons (Fsp3) is 0.414. The van der Waals surface area contributed by atoms with Gasteiger partial charge in [-0.2, -0.15) is 12.4 Å². The molecule has 0 bridgehead atoms. The Morgan fingerprint density at radius 3 is 2.49 bits per heavy atom. The number of ketones is 1. The van der Waals surface area contributed by atoms with Gasteiger partial charge >= 0.3 is 5.78 Å². The van der Waals surface area contributed by atoms with Gasteiger partial charge < -0.3 is 34.5 Å². The highest BCUT2D eigenvalue weighted by molar-refractivity contribution is 6.05. The topological polar surface area (TPSA) is 124 Å². The van der Waals surface area contributed by atoms with Crippen LogP contribution < -0.4 is 19.2 Å². The molecule has 2 atom stereocenters. The molecule has 2 heterocycles. The van der Waals surface area contributed by atoms with Gasteiger partial charge in [-0.3, -0.25) is 4.79 Å². The van der Waals surface area contributed by atoms with Crippen molar-refractivity contribution < 1.29 is 34.3 Å². The lowest BCUT2D eigenvalue weighted by Crippen LogP contribution is -2.24. The maximum Gasteiger partial charge on any atom is 0.335 e. The molecule has 198 valence electrons. The van der Waals surface area contributed by atoms with E-state index in [2.05, 4.69) is 18.8 Å². The van der Waals surface area contributed by atoms with E-state index < -0.39 is 6.10 Å². The highest BCUT2D eigenvalue weighted by Gasteiger charge is 2.42. The maximum atomic E-state index is 11.6. The summed E-state index contributed by atoms with van der Waals surface area (Å²) in [6.45, 7) is 4.39. The van der Waals surface area contributed by atoms with Crippen LogP contribution in [-0.4, -0.2) is 46.2 Å². The molecule has 4 rings (SSSR count). The first-order valence-electron chi connectivity index (χ1n) is 12.6. The van der Waals surface area contributed by atoms with Gasteiger partial charge in [-0.05, 0) is 30.0 Å². The first-order chi connectivity index (χ1) is 17.8. The Balaban J connectivity index is 1.92. The predicted molar refractivity (Wildman–Crippen MR) is 140 cm³/mol. The number of hydrogen-bond donors (Lipinski definition) is 3. The fourth-order valence-electron chi connectivity index (χ4n) is 4.78. The Morgan fingerprint density at radius 2 is 1.86 bits per heavy atom. The number of aliphatic hydroxyl groups is 1. The largest absolute Gasteiger partial charge is 0.670 e. The predicted octanol–water partition coefficient (Wildman–Crippen LogP) is 4.81. The smallest absolute Gasteiger partial charge is 0.335 e. The van der Waals surface area contributed by atoms with Gasteiger partial charge in [0.25, 0.3) is 0 Å². The van der Waals surface area contributed by atoms with E-state index in [-0.39, 0.29) is 54.3 Å². The lowest BCUT2D eigenvalue weighted by Gasteiger charge is -2.31. The van der Waals surface area contributed by atoms with Gasteiger partial charge in [0, 0.05) is 24.5 Å². The Kier molecular flexibility index (Phi) is 8.28. The molecule has 0 spiro atoms. The number of phenols is 2. The van der Waals surface area contributed by atoms with Gasteiger partial charge in [-0.25, -0.2) is 0 Å². The molecule has 4 N–H and O–H groups in total. The fourth-order valence-corrected chi connectivity index (χ4v) is 4.78. The molecular weight excluding hydrogens is 474 g/mol. The molecular formula is C29H35NO7. The summed E-state index contributed by atoms with van der Waals surface area (Å²) in [4.78, 5) is 15.6. The standard InChI is InChI=1S/C29H34NO7/c1-17(2)5-10-21(19-11-12-30-16-19)24-26(34)29(35-3)28(36-14-4-13-31)25-22(33)15-23(37-27(24)25)18-6-8-20(32)9-7-18/h6-9,11-12,16-17,21,23,31-32H,4-5,10,13-15H2,1-3H3,(H,33,34)/q-1/p+1. The van der Waals surface area contributed by atoms with Crippen LogP contribution in [0.25, 0.3) is 0 Å². The summed E-state index contributed by atoms with van der Waals surface area (Å²) in [7, 11) is 1.44. The summed E-state index contributed by atoms with van der Waals surface area (Å²) in [5, 5.41) is 30.6. The Labute approximate surface area is 216 Å². The zero-order valence-corrected chi connectivity index (χ0v) is 21.5. The second kappa shape index (κ2) is 11.6. The molecule has 0 aliphatic carbocycles. The van der Waals surface area contributed by atoms with Crippen molar-refractivity contribution in [2.24, 2.45) is 5.92 Å². The van der Waals surface area contributed by atoms with Crippen LogP contribution in [0.3, 0.4) is 0 Å². The number of rotatable bonds is 11. The average Bonchev–Trinajstić information content (AvgIpc) is 3.40. The normalized spacial score (nSPS) is 15.8. The Hall–Kier alpha value is -3.65. The van der Waals surface area contributed by atoms with Gasteiger partial charge in [0.15, 0.2) is 17.1 Å². The number of phenolic OH excluding ortho intramolecular Hbond substituents is 2. The first kappa shape index (κ1) is 26.4. The summed E-state index contributed by atoms with van der Waals surface area (Å²) in [6.07, 6.45) is 5.08. The third-order valence-corrected chi connectivity index (χ3v) is 6.68. The molecule has 8 nitrogen and oxygen atoms in total. The van der Waals surface area contributed by atoms with E-state index in [9.17, 15) is 20.1 Å². The van der Waals surface area contributed by atoms with E-state index >= 15 is 0 Å². The summed E-state index contributed by atoms with van der Waals surface area (Å²) < 4.78 is 18.1. The number of fused-ring (bicyclic) bond motifs is 1. The lowest BCUT2D eigenvalue weighted by atomic mass is 9.82. The number of nitrogens with zero attached hydrogens (tertiary/aromatic N) is 1. The van der Waals surface area contributed by atoms with Gasteiger partial charge in [-0.1, -0.05) is 44.0 Å². The minimum absolute atomic E-state index is 0.0427. The van der Waals surface area contributed by atoms with Crippen LogP contribution in [0.4, 0.5) is 0 Å². The maximum absolute atomic E-state index is 11.6. The highest BCUT2D eigenvalue weighted by atomic mass is 16.5. The van der Waals surface area contributed by atoms with Gasteiger partial charge in [-0.15, -0.1) is 0 Å². The minimum atomic E-state index is -0.548. The summed E-state index contributed by atoms with van der Waals surface area (Å²) in [6, 6.07) is 8.55. The van der Waals surface area contributed by atoms with E-state index in [0.29, 0.717) is 35.6 Å².